The van der Waals surface area contributed by atoms with E-state index >= 15 is 0 Å². The molecule has 11 heteroatoms. The van der Waals surface area contributed by atoms with Crippen molar-refractivity contribution >= 4 is 39.3 Å². The van der Waals surface area contributed by atoms with Crippen LogP contribution < -0.4 is 15.8 Å². The van der Waals surface area contributed by atoms with Gasteiger partial charge in [-0.2, -0.15) is 0 Å². The summed E-state index contributed by atoms with van der Waals surface area (Å²) in [6.45, 7) is 5.87. The second kappa shape index (κ2) is 11.1. The van der Waals surface area contributed by atoms with Crippen LogP contribution >= 0.6 is 11.8 Å². The second-order valence-corrected chi connectivity index (χ2v) is 9.78. The zero-order valence-corrected chi connectivity index (χ0v) is 19.6. The molecule has 1 aromatic heterocycles. The number of carbonyl (C=O) groups excluding carboxylic acids is 2. The maximum absolute atomic E-state index is 12.2. The molecule has 0 aliphatic carbocycles. The zero-order chi connectivity index (χ0) is 23.0. The van der Waals surface area contributed by atoms with Crippen LogP contribution in [0.2, 0.25) is 0 Å². The second-order valence-electron chi connectivity index (χ2n) is 6.63. The number of benzene rings is 1. The number of rotatable bonds is 9. The van der Waals surface area contributed by atoms with Crippen LogP contribution in [0.4, 0.5) is 5.69 Å². The highest BCUT2D eigenvalue weighted by molar-refractivity contribution is 7.99. The molecule has 0 saturated heterocycles. The summed E-state index contributed by atoms with van der Waals surface area (Å²) in [7, 11) is -0.667. The van der Waals surface area contributed by atoms with Crippen LogP contribution in [0.5, 0.6) is 0 Å². The largest absolute Gasteiger partial charge is 0.372 e. The highest BCUT2D eigenvalue weighted by Gasteiger charge is 2.17. The van der Waals surface area contributed by atoms with Crippen molar-refractivity contribution in [3.8, 4) is 0 Å². The van der Waals surface area contributed by atoms with E-state index in [-0.39, 0.29) is 10.6 Å². The molecule has 0 aliphatic heterocycles. The number of pyridine rings is 1. The molecule has 2 rings (SSSR count). The third-order valence-corrected chi connectivity index (χ3v) is 7.15. The highest BCUT2D eigenvalue weighted by atomic mass is 32.2. The summed E-state index contributed by atoms with van der Waals surface area (Å²) in [5.41, 5.74) is 6.20. The first-order chi connectivity index (χ1) is 14.7. The predicted octanol–water partition coefficient (Wildman–Crippen LogP) is 1.73. The topological polar surface area (TPSA) is 112 Å². The molecule has 0 aliphatic rings. The summed E-state index contributed by atoms with van der Waals surface area (Å²) in [6.07, 6.45) is 1.25. The molecule has 0 saturated carbocycles. The van der Waals surface area contributed by atoms with Crippen molar-refractivity contribution in [2.75, 3.05) is 37.8 Å². The summed E-state index contributed by atoms with van der Waals surface area (Å²) >= 11 is 1.13. The molecule has 1 heterocycles. The van der Waals surface area contributed by atoms with Crippen LogP contribution in [0, 0.1) is 0 Å². The van der Waals surface area contributed by atoms with Gasteiger partial charge in [-0.3, -0.25) is 20.4 Å². The van der Waals surface area contributed by atoms with Crippen molar-refractivity contribution < 1.29 is 18.0 Å². The van der Waals surface area contributed by atoms with E-state index in [1.807, 2.05) is 12.1 Å². The van der Waals surface area contributed by atoms with E-state index in [0.29, 0.717) is 10.6 Å². The quantitative estimate of drug-likeness (QED) is 0.428. The van der Waals surface area contributed by atoms with Gasteiger partial charge < -0.3 is 4.90 Å². The lowest BCUT2D eigenvalue weighted by atomic mass is 10.2. The van der Waals surface area contributed by atoms with Crippen LogP contribution in [0.15, 0.2) is 52.5 Å². The van der Waals surface area contributed by atoms with Gasteiger partial charge in [0.1, 0.15) is 4.90 Å². The molecule has 2 amide bonds. The Balaban J connectivity index is 1.83. The maximum atomic E-state index is 12.2. The molecule has 0 bridgehead atoms. The van der Waals surface area contributed by atoms with Gasteiger partial charge in [0.15, 0.2) is 0 Å². The zero-order valence-electron chi connectivity index (χ0n) is 18.0. The number of anilines is 1. The normalized spacial score (nSPS) is 11.3. The Bertz CT molecular complexity index is 989. The minimum absolute atomic E-state index is 0.00789. The van der Waals surface area contributed by atoms with Gasteiger partial charge in [-0.05, 0) is 50.2 Å². The first-order valence-corrected chi connectivity index (χ1v) is 12.1. The van der Waals surface area contributed by atoms with Crippen molar-refractivity contribution in [1.29, 1.82) is 0 Å². The number of hydrazine groups is 1. The van der Waals surface area contributed by atoms with E-state index < -0.39 is 21.8 Å². The van der Waals surface area contributed by atoms with Gasteiger partial charge in [-0.1, -0.05) is 11.8 Å². The van der Waals surface area contributed by atoms with Gasteiger partial charge >= 0.3 is 0 Å². The predicted molar refractivity (Wildman–Crippen MR) is 121 cm³/mol. The molecule has 0 spiro atoms. The standard InChI is InChI=1S/C20H27N5O4S2/c1-5-25(6-2)16-9-7-15(8-10-16)20(27)23-22-18(26)14-30-19-12-11-17(13-21-19)31(28,29)24(3)4/h7-13H,5-6,14H2,1-4H3,(H,22,26)(H,23,27). The minimum Gasteiger partial charge on any atom is -0.372 e. The Kier molecular flexibility index (Phi) is 8.84. The lowest BCUT2D eigenvalue weighted by molar-refractivity contribution is -0.119. The Hall–Kier alpha value is -2.63. The summed E-state index contributed by atoms with van der Waals surface area (Å²) in [4.78, 5) is 30.5. The molecule has 0 fully saturated rings. The summed E-state index contributed by atoms with van der Waals surface area (Å²) in [6, 6.07) is 10.1. The van der Waals surface area contributed by atoms with E-state index in [2.05, 4.69) is 34.6 Å². The molecule has 9 nitrogen and oxygen atoms in total. The Morgan fingerprint density at radius 3 is 2.16 bits per heavy atom. The van der Waals surface area contributed by atoms with Crippen molar-refractivity contribution in [2.45, 2.75) is 23.8 Å². The van der Waals surface area contributed by atoms with Gasteiger partial charge in [0.2, 0.25) is 15.9 Å². The molecule has 0 atom stereocenters. The number of sulfonamides is 1. The average Bonchev–Trinajstić information content (AvgIpc) is 2.77. The molecule has 31 heavy (non-hydrogen) atoms. The van der Waals surface area contributed by atoms with E-state index in [1.165, 1.54) is 32.4 Å². The molecular formula is C20H27N5O4S2. The van der Waals surface area contributed by atoms with Crippen molar-refractivity contribution in [2.24, 2.45) is 0 Å². The van der Waals surface area contributed by atoms with Crippen LogP contribution in [-0.2, 0) is 14.8 Å². The van der Waals surface area contributed by atoms with Crippen molar-refractivity contribution in [1.82, 2.24) is 20.1 Å². The summed E-state index contributed by atoms with van der Waals surface area (Å²) < 4.78 is 25.2. The van der Waals surface area contributed by atoms with Crippen LogP contribution in [-0.4, -0.2) is 62.5 Å². The smallest absolute Gasteiger partial charge is 0.269 e. The SMILES string of the molecule is CCN(CC)c1ccc(C(=O)NNC(=O)CSc2ccc(S(=O)(=O)N(C)C)cn2)cc1. The fourth-order valence-electron chi connectivity index (χ4n) is 2.60. The van der Waals surface area contributed by atoms with E-state index in [0.717, 1.165) is 34.8 Å². The third-order valence-electron chi connectivity index (χ3n) is 4.41. The molecule has 168 valence electrons. The Morgan fingerprint density at radius 1 is 1.00 bits per heavy atom. The van der Waals surface area contributed by atoms with Gasteiger partial charge in [-0.15, -0.1) is 0 Å². The van der Waals surface area contributed by atoms with E-state index in [4.69, 9.17) is 0 Å². The van der Waals surface area contributed by atoms with Crippen LogP contribution in [0.25, 0.3) is 0 Å². The number of amides is 2. The summed E-state index contributed by atoms with van der Waals surface area (Å²) in [5, 5.41) is 0.492. The van der Waals surface area contributed by atoms with Gasteiger partial charge in [0, 0.05) is 44.6 Å². The fraction of sp³-hybridized carbons (Fsp3) is 0.350. The number of nitrogens with zero attached hydrogens (tertiary/aromatic N) is 3. The molecule has 0 unspecified atom stereocenters. The molecular weight excluding hydrogens is 438 g/mol. The van der Waals surface area contributed by atoms with E-state index in [9.17, 15) is 18.0 Å². The van der Waals surface area contributed by atoms with Crippen molar-refractivity contribution in [3.63, 3.8) is 0 Å². The average molecular weight is 466 g/mol. The molecule has 1 aromatic carbocycles. The number of thioether (sulfide) groups is 1. The monoisotopic (exact) mass is 465 g/mol. The van der Waals surface area contributed by atoms with Crippen LogP contribution in [0.1, 0.15) is 24.2 Å². The summed E-state index contributed by atoms with van der Waals surface area (Å²) in [5.74, 6) is -0.820. The lowest BCUT2D eigenvalue weighted by Crippen LogP contribution is -2.42. The first kappa shape index (κ1) is 24.6. The van der Waals surface area contributed by atoms with Crippen LogP contribution in [0.3, 0.4) is 0 Å². The number of hydrogen-bond donors (Lipinski definition) is 2. The van der Waals surface area contributed by atoms with Gasteiger partial charge in [0.05, 0.1) is 10.8 Å². The number of hydrogen-bond acceptors (Lipinski definition) is 7. The molecule has 0 radical (unpaired) electrons. The lowest BCUT2D eigenvalue weighted by Gasteiger charge is -2.21. The first-order valence-electron chi connectivity index (χ1n) is 9.64. The fourth-order valence-corrected chi connectivity index (χ4v) is 4.09. The molecule has 2 aromatic rings. The minimum atomic E-state index is -3.55. The number of aromatic nitrogens is 1. The Morgan fingerprint density at radius 2 is 1.65 bits per heavy atom. The van der Waals surface area contributed by atoms with Crippen molar-refractivity contribution in [3.05, 3.63) is 48.2 Å². The van der Waals surface area contributed by atoms with Gasteiger partial charge in [-0.25, -0.2) is 17.7 Å². The van der Waals surface area contributed by atoms with Gasteiger partial charge in [0.25, 0.3) is 5.91 Å². The number of nitrogens with one attached hydrogen (secondary N) is 2. The Labute approximate surface area is 187 Å². The number of carbonyl (C=O) groups is 2. The molecule has 2 N–H and O–H groups in total. The maximum Gasteiger partial charge on any atom is 0.269 e. The highest BCUT2D eigenvalue weighted by Crippen LogP contribution is 2.18. The van der Waals surface area contributed by atoms with E-state index in [1.54, 1.807) is 12.1 Å². The third kappa shape index (κ3) is 6.68.